The molecule has 1 saturated carbocycles. The molecule has 1 aromatic rings. The number of aromatic nitrogens is 1. The number of halogens is 2. The first-order chi connectivity index (χ1) is 8.15. The van der Waals surface area contributed by atoms with Crippen LogP contribution in [0, 0.1) is 12.8 Å². The van der Waals surface area contributed by atoms with Crippen molar-refractivity contribution in [3.05, 3.63) is 22.3 Å². The maximum Gasteiger partial charge on any atom is 0.126 e. The minimum Gasteiger partial charge on any atom is -0.370 e. The Bertz CT molecular complexity index is 376. The van der Waals surface area contributed by atoms with E-state index in [0.29, 0.717) is 5.38 Å². The number of hydrogen-bond acceptors (Lipinski definition) is 2. The quantitative estimate of drug-likeness (QED) is 0.838. The largest absolute Gasteiger partial charge is 0.370 e. The Labute approximate surface area is 116 Å². The first-order valence-electron chi connectivity index (χ1n) is 6.16. The number of rotatable bonds is 3. The molecular formula is C13H18BrClN2. The van der Waals surface area contributed by atoms with Crippen molar-refractivity contribution in [2.75, 3.05) is 11.9 Å². The van der Waals surface area contributed by atoms with Gasteiger partial charge in [-0.05, 0) is 66.6 Å². The van der Waals surface area contributed by atoms with E-state index in [-0.39, 0.29) is 0 Å². The maximum atomic E-state index is 6.10. The zero-order chi connectivity index (χ0) is 12.3. The second-order valence-corrected chi connectivity index (χ2v) is 6.23. The third-order valence-electron chi connectivity index (χ3n) is 3.37. The van der Waals surface area contributed by atoms with Gasteiger partial charge in [0.1, 0.15) is 5.82 Å². The SMILES string of the molecule is Cc1nc(NCC2CCC(Cl)CC2)ccc1Br. The Morgan fingerprint density at radius 1 is 1.35 bits per heavy atom. The molecule has 4 heteroatoms. The van der Waals surface area contributed by atoms with Crippen molar-refractivity contribution in [1.82, 2.24) is 4.98 Å². The first-order valence-corrected chi connectivity index (χ1v) is 7.39. The fraction of sp³-hybridized carbons (Fsp3) is 0.615. The average molecular weight is 318 g/mol. The summed E-state index contributed by atoms with van der Waals surface area (Å²) in [6, 6.07) is 4.06. The van der Waals surface area contributed by atoms with Crippen LogP contribution >= 0.6 is 27.5 Å². The van der Waals surface area contributed by atoms with Crippen LogP contribution in [-0.2, 0) is 0 Å². The predicted octanol–water partition coefficient (Wildman–Crippen LogP) is 4.36. The van der Waals surface area contributed by atoms with Crippen molar-refractivity contribution in [3.63, 3.8) is 0 Å². The summed E-state index contributed by atoms with van der Waals surface area (Å²) in [4.78, 5) is 4.49. The lowest BCUT2D eigenvalue weighted by Gasteiger charge is -2.25. The van der Waals surface area contributed by atoms with Crippen molar-refractivity contribution >= 4 is 33.3 Å². The molecule has 0 amide bonds. The minimum atomic E-state index is 0.402. The van der Waals surface area contributed by atoms with E-state index in [9.17, 15) is 0 Å². The number of pyridine rings is 1. The lowest BCUT2D eigenvalue weighted by Crippen LogP contribution is -2.21. The van der Waals surface area contributed by atoms with Crippen molar-refractivity contribution in [1.29, 1.82) is 0 Å². The highest BCUT2D eigenvalue weighted by Gasteiger charge is 2.19. The van der Waals surface area contributed by atoms with Gasteiger partial charge in [0, 0.05) is 16.4 Å². The summed E-state index contributed by atoms with van der Waals surface area (Å²) >= 11 is 9.56. The molecule has 2 nitrogen and oxygen atoms in total. The molecule has 1 heterocycles. The molecule has 0 spiro atoms. The summed E-state index contributed by atoms with van der Waals surface area (Å²) in [6.07, 6.45) is 4.77. The van der Waals surface area contributed by atoms with Gasteiger partial charge in [-0.2, -0.15) is 0 Å². The van der Waals surface area contributed by atoms with Gasteiger partial charge in [0.2, 0.25) is 0 Å². The van der Waals surface area contributed by atoms with Crippen LogP contribution in [0.4, 0.5) is 5.82 Å². The molecule has 0 radical (unpaired) electrons. The van der Waals surface area contributed by atoms with Crippen molar-refractivity contribution in [3.8, 4) is 0 Å². The average Bonchev–Trinajstić information content (AvgIpc) is 2.33. The monoisotopic (exact) mass is 316 g/mol. The van der Waals surface area contributed by atoms with Crippen molar-refractivity contribution in [2.45, 2.75) is 38.0 Å². The molecule has 0 bridgehead atoms. The normalized spacial score (nSPS) is 24.6. The second-order valence-electron chi connectivity index (χ2n) is 4.76. The van der Waals surface area contributed by atoms with Crippen molar-refractivity contribution < 1.29 is 0 Å². The van der Waals surface area contributed by atoms with Crippen LogP contribution in [0.1, 0.15) is 31.4 Å². The molecule has 1 N–H and O–H groups in total. The summed E-state index contributed by atoms with van der Waals surface area (Å²) in [7, 11) is 0. The molecule has 2 rings (SSSR count). The molecule has 0 aromatic carbocycles. The van der Waals surface area contributed by atoms with Crippen LogP contribution in [0.25, 0.3) is 0 Å². The zero-order valence-electron chi connectivity index (χ0n) is 10.0. The molecule has 1 fully saturated rings. The van der Waals surface area contributed by atoms with Gasteiger partial charge in [-0.3, -0.25) is 0 Å². The zero-order valence-corrected chi connectivity index (χ0v) is 12.4. The van der Waals surface area contributed by atoms with Gasteiger partial charge in [-0.15, -0.1) is 11.6 Å². The van der Waals surface area contributed by atoms with E-state index < -0.39 is 0 Å². The Hall–Kier alpha value is -0.280. The van der Waals surface area contributed by atoms with E-state index in [1.54, 1.807) is 0 Å². The van der Waals surface area contributed by atoms with Gasteiger partial charge in [0.05, 0.1) is 5.69 Å². The molecule has 17 heavy (non-hydrogen) atoms. The van der Waals surface area contributed by atoms with Crippen LogP contribution in [0.2, 0.25) is 0 Å². The van der Waals surface area contributed by atoms with Crippen molar-refractivity contribution in [2.24, 2.45) is 5.92 Å². The number of anilines is 1. The third-order valence-corrected chi connectivity index (χ3v) is 4.64. The summed E-state index contributed by atoms with van der Waals surface area (Å²) in [5.74, 6) is 1.72. The van der Waals surface area contributed by atoms with Crippen LogP contribution in [0.5, 0.6) is 0 Å². The minimum absolute atomic E-state index is 0.402. The van der Waals surface area contributed by atoms with Gasteiger partial charge >= 0.3 is 0 Å². The van der Waals surface area contributed by atoms with Gasteiger partial charge in [0.15, 0.2) is 0 Å². The summed E-state index contributed by atoms with van der Waals surface area (Å²) in [6.45, 7) is 3.02. The van der Waals surface area contributed by atoms with Crippen LogP contribution in [0.3, 0.4) is 0 Å². The number of nitrogens with one attached hydrogen (secondary N) is 1. The Kier molecular flexibility index (Phi) is 4.69. The summed E-state index contributed by atoms with van der Waals surface area (Å²) in [5, 5.41) is 3.82. The van der Waals surface area contributed by atoms with E-state index >= 15 is 0 Å². The summed E-state index contributed by atoms with van der Waals surface area (Å²) in [5.41, 5.74) is 1.03. The van der Waals surface area contributed by atoms with E-state index in [0.717, 1.165) is 41.3 Å². The molecule has 1 aliphatic carbocycles. The Balaban J connectivity index is 1.83. The number of alkyl halides is 1. The van der Waals surface area contributed by atoms with E-state index in [1.165, 1.54) is 12.8 Å². The number of hydrogen-bond donors (Lipinski definition) is 1. The standard InChI is InChI=1S/C13H18BrClN2/c1-9-12(14)6-7-13(17-9)16-8-10-2-4-11(15)5-3-10/h6-7,10-11H,2-5,8H2,1H3,(H,16,17). The van der Waals surface area contributed by atoms with Crippen LogP contribution in [-0.4, -0.2) is 16.9 Å². The fourth-order valence-corrected chi connectivity index (χ4v) is 2.69. The molecule has 94 valence electrons. The Morgan fingerprint density at radius 3 is 2.71 bits per heavy atom. The van der Waals surface area contributed by atoms with Crippen LogP contribution < -0.4 is 5.32 Å². The highest BCUT2D eigenvalue weighted by molar-refractivity contribution is 9.10. The summed E-state index contributed by atoms with van der Waals surface area (Å²) < 4.78 is 1.06. The second kappa shape index (κ2) is 6.05. The topological polar surface area (TPSA) is 24.9 Å². The van der Waals surface area contributed by atoms with Crippen LogP contribution in [0.15, 0.2) is 16.6 Å². The highest BCUT2D eigenvalue weighted by atomic mass is 79.9. The molecule has 0 unspecified atom stereocenters. The maximum absolute atomic E-state index is 6.10. The lowest BCUT2D eigenvalue weighted by molar-refractivity contribution is 0.377. The highest BCUT2D eigenvalue weighted by Crippen LogP contribution is 2.27. The third kappa shape index (κ3) is 3.85. The van der Waals surface area contributed by atoms with Gasteiger partial charge < -0.3 is 5.32 Å². The smallest absolute Gasteiger partial charge is 0.126 e. The molecule has 0 aliphatic heterocycles. The Morgan fingerprint density at radius 2 is 2.06 bits per heavy atom. The predicted molar refractivity (Wildman–Crippen MR) is 76.8 cm³/mol. The first kappa shape index (κ1) is 13.2. The van der Waals surface area contributed by atoms with Gasteiger partial charge in [-0.1, -0.05) is 0 Å². The van der Waals surface area contributed by atoms with Gasteiger partial charge in [0.25, 0.3) is 0 Å². The lowest BCUT2D eigenvalue weighted by atomic mass is 9.89. The molecule has 0 atom stereocenters. The van der Waals surface area contributed by atoms with E-state index in [2.05, 4.69) is 26.2 Å². The molecule has 0 saturated heterocycles. The molecular weight excluding hydrogens is 300 g/mol. The van der Waals surface area contributed by atoms with E-state index in [1.807, 2.05) is 19.1 Å². The van der Waals surface area contributed by atoms with E-state index in [4.69, 9.17) is 11.6 Å². The molecule has 1 aliphatic rings. The fourth-order valence-electron chi connectivity index (χ4n) is 2.22. The number of aryl methyl sites for hydroxylation is 1. The number of nitrogens with zero attached hydrogens (tertiary/aromatic N) is 1. The molecule has 1 aromatic heterocycles. The van der Waals surface area contributed by atoms with Gasteiger partial charge in [-0.25, -0.2) is 4.98 Å².